The van der Waals surface area contributed by atoms with E-state index in [0.29, 0.717) is 6.07 Å². The Kier molecular flexibility index (Phi) is 5.99. The third-order valence-corrected chi connectivity index (χ3v) is 5.34. The second-order valence-corrected chi connectivity index (χ2v) is 7.32. The molecule has 1 amide bonds. The monoisotopic (exact) mass is 441 g/mol. The SMILES string of the molecule is O=C(NCC=Cc1cccc(C(F)(F)F)c1F)OCC1c2ccccc2-c2ccccc21. The Bertz CT molecular complexity index is 1130. The van der Waals surface area contributed by atoms with Crippen LogP contribution in [0.25, 0.3) is 17.2 Å². The maximum absolute atomic E-state index is 14.0. The lowest BCUT2D eigenvalue weighted by molar-refractivity contribution is -0.140. The summed E-state index contributed by atoms with van der Waals surface area (Å²) in [7, 11) is 0. The lowest BCUT2D eigenvalue weighted by Crippen LogP contribution is -2.26. The van der Waals surface area contributed by atoms with Crippen molar-refractivity contribution in [1.29, 1.82) is 0 Å². The zero-order valence-electron chi connectivity index (χ0n) is 16.8. The lowest BCUT2D eigenvalue weighted by atomic mass is 9.98. The van der Waals surface area contributed by atoms with Gasteiger partial charge in [-0.15, -0.1) is 0 Å². The van der Waals surface area contributed by atoms with Crippen LogP contribution in [0.5, 0.6) is 0 Å². The number of rotatable bonds is 5. The van der Waals surface area contributed by atoms with Crippen LogP contribution in [0.15, 0.2) is 72.8 Å². The number of nitrogens with one attached hydrogen (secondary N) is 1. The van der Waals surface area contributed by atoms with Gasteiger partial charge in [0, 0.05) is 18.0 Å². The van der Waals surface area contributed by atoms with E-state index in [2.05, 4.69) is 5.32 Å². The molecule has 0 atom stereocenters. The summed E-state index contributed by atoms with van der Waals surface area (Å²) in [5.41, 5.74) is 2.85. The zero-order chi connectivity index (χ0) is 22.7. The number of amides is 1. The molecule has 0 bridgehead atoms. The van der Waals surface area contributed by atoms with Gasteiger partial charge in [0.05, 0.1) is 5.56 Å². The Morgan fingerprint density at radius 3 is 2.19 bits per heavy atom. The molecule has 1 aliphatic rings. The molecule has 4 rings (SSSR count). The minimum atomic E-state index is -4.77. The van der Waals surface area contributed by atoms with Gasteiger partial charge in [0.2, 0.25) is 0 Å². The fourth-order valence-corrected chi connectivity index (χ4v) is 3.88. The average molecular weight is 441 g/mol. The molecule has 32 heavy (non-hydrogen) atoms. The number of halogens is 4. The van der Waals surface area contributed by atoms with Crippen molar-refractivity contribution in [3.8, 4) is 11.1 Å². The van der Waals surface area contributed by atoms with Crippen molar-refractivity contribution in [2.75, 3.05) is 13.2 Å². The molecule has 0 aromatic heterocycles. The molecular weight excluding hydrogens is 422 g/mol. The summed E-state index contributed by atoms with van der Waals surface area (Å²) in [6.07, 6.45) is -2.89. The molecule has 0 aliphatic heterocycles. The average Bonchev–Trinajstić information content (AvgIpc) is 3.09. The van der Waals surface area contributed by atoms with Crippen LogP contribution in [-0.2, 0) is 10.9 Å². The van der Waals surface area contributed by atoms with Gasteiger partial charge in [-0.1, -0.05) is 72.8 Å². The number of benzene rings is 3. The van der Waals surface area contributed by atoms with E-state index < -0.39 is 23.7 Å². The van der Waals surface area contributed by atoms with Gasteiger partial charge in [0.1, 0.15) is 12.4 Å². The molecule has 0 heterocycles. The summed E-state index contributed by atoms with van der Waals surface area (Å²) in [6, 6.07) is 18.9. The van der Waals surface area contributed by atoms with Crippen LogP contribution in [0.2, 0.25) is 0 Å². The Morgan fingerprint density at radius 2 is 1.56 bits per heavy atom. The molecule has 1 aliphatic carbocycles. The van der Waals surface area contributed by atoms with Gasteiger partial charge in [-0.2, -0.15) is 13.2 Å². The molecule has 0 saturated heterocycles. The van der Waals surface area contributed by atoms with Gasteiger partial charge >= 0.3 is 12.3 Å². The van der Waals surface area contributed by atoms with Gasteiger partial charge in [-0.3, -0.25) is 0 Å². The molecule has 1 N–H and O–H groups in total. The Hall–Kier alpha value is -3.61. The van der Waals surface area contributed by atoms with Crippen LogP contribution >= 0.6 is 0 Å². The number of ether oxygens (including phenoxy) is 1. The summed E-state index contributed by atoms with van der Waals surface area (Å²) in [6.45, 7) is 0.123. The zero-order valence-corrected chi connectivity index (χ0v) is 16.8. The molecule has 0 radical (unpaired) electrons. The number of alkyl carbamates (subject to hydrolysis) is 1. The maximum atomic E-state index is 14.0. The van der Waals surface area contributed by atoms with Crippen molar-refractivity contribution in [3.63, 3.8) is 0 Å². The highest BCUT2D eigenvalue weighted by Crippen LogP contribution is 2.44. The van der Waals surface area contributed by atoms with Crippen molar-refractivity contribution < 1.29 is 27.1 Å². The third-order valence-electron chi connectivity index (χ3n) is 5.34. The largest absolute Gasteiger partial charge is 0.449 e. The summed E-state index contributed by atoms with van der Waals surface area (Å²) in [5, 5.41) is 2.50. The number of fused-ring (bicyclic) bond motifs is 3. The Labute approximate surface area is 182 Å². The van der Waals surface area contributed by atoms with Gasteiger partial charge in [0.15, 0.2) is 0 Å². The van der Waals surface area contributed by atoms with E-state index >= 15 is 0 Å². The number of carbonyl (C=O) groups excluding carboxylic acids is 1. The minimum Gasteiger partial charge on any atom is -0.449 e. The van der Waals surface area contributed by atoms with Crippen LogP contribution in [-0.4, -0.2) is 19.2 Å². The van der Waals surface area contributed by atoms with E-state index in [9.17, 15) is 22.4 Å². The van der Waals surface area contributed by atoms with Crippen LogP contribution < -0.4 is 5.32 Å². The summed E-state index contributed by atoms with van der Waals surface area (Å²) in [4.78, 5) is 12.1. The molecule has 164 valence electrons. The molecule has 7 heteroatoms. The van der Waals surface area contributed by atoms with Crippen molar-refractivity contribution in [1.82, 2.24) is 5.32 Å². The second-order valence-electron chi connectivity index (χ2n) is 7.32. The third kappa shape index (κ3) is 4.37. The predicted octanol–water partition coefficient (Wildman–Crippen LogP) is 6.40. The normalized spacial score (nSPS) is 13.1. The molecule has 3 aromatic rings. The van der Waals surface area contributed by atoms with E-state index in [0.717, 1.165) is 28.3 Å². The molecule has 0 saturated carbocycles. The van der Waals surface area contributed by atoms with Crippen molar-refractivity contribution >= 4 is 12.2 Å². The fraction of sp³-hybridized carbons (Fsp3) is 0.160. The summed E-state index contributed by atoms with van der Waals surface area (Å²) in [5.74, 6) is -1.43. The summed E-state index contributed by atoms with van der Waals surface area (Å²) >= 11 is 0. The van der Waals surface area contributed by atoms with Gasteiger partial charge < -0.3 is 10.1 Å². The van der Waals surface area contributed by atoms with E-state index in [1.54, 1.807) is 0 Å². The van der Waals surface area contributed by atoms with E-state index in [-0.39, 0.29) is 24.6 Å². The van der Waals surface area contributed by atoms with Gasteiger partial charge in [0.25, 0.3) is 0 Å². The molecule has 3 nitrogen and oxygen atoms in total. The quantitative estimate of drug-likeness (QED) is 0.466. The predicted molar refractivity (Wildman–Crippen MR) is 114 cm³/mol. The first-order valence-electron chi connectivity index (χ1n) is 9.97. The molecule has 3 aromatic carbocycles. The molecule has 0 spiro atoms. The maximum Gasteiger partial charge on any atom is 0.419 e. The minimum absolute atomic E-state index is 0.0215. The van der Waals surface area contributed by atoms with E-state index in [1.165, 1.54) is 18.2 Å². The Balaban J connectivity index is 1.34. The first kappa shape index (κ1) is 21.6. The highest BCUT2D eigenvalue weighted by Gasteiger charge is 2.34. The van der Waals surface area contributed by atoms with Crippen molar-refractivity contribution in [2.45, 2.75) is 12.1 Å². The molecular formula is C25H19F4NO2. The fourth-order valence-electron chi connectivity index (χ4n) is 3.88. The van der Waals surface area contributed by atoms with Gasteiger partial charge in [-0.05, 0) is 28.3 Å². The topological polar surface area (TPSA) is 38.3 Å². The van der Waals surface area contributed by atoms with Crippen LogP contribution in [0.4, 0.5) is 22.4 Å². The van der Waals surface area contributed by atoms with E-state index in [4.69, 9.17) is 4.74 Å². The molecule has 0 unspecified atom stereocenters. The van der Waals surface area contributed by atoms with Crippen LogP contribution in [0.1, 0.15) is 28.2 Å². The number of carbonyl (C=O) groups is 1. The van der Waals surface area contributed by atoms with Crippen molar-refractivity contribution in [3.05, 3.63) is 101 Å². The first-order chi connectivity index (χ1) is 15.4. The van der Waals surface area contributed by atoms with Crippen LogP contribution in [0.3, 0.4) is 0 Å². The van der Waals surface area contributed by atoms with Gasteiger partial charge in [-0.25, -0.2) is 9.18 Å². The number of hydrogen-bond donors (Lipinski definition) is 1. The number of alkyl halides is 3. The molecule has 0 fully saturated rings. The lowest BCUT2D eigenvalue weighted by Gasteiger charge is -2.14. The van der Waals surface area contributed by atoms with Crippen LogP contribution in [0, 0.1) is 5.82 Å². The van der Waals surface area contributed by atoms with Crippen molar-refractivity contribution in [2.24, 2.45) is 0 Å². The Morgan fingerprint density at radius 1 is 0.938 bits per heavy atom. The smallest absolute Gasteiger partial charge is 0.419 e. The highest BCUT2D eigenvalue weighted by molar-refractivity contribution is 5.79. The van der Waals surface area contributed by atoms with E-state index in [1.807, 2.05) is 48.5 Å². The number of hydrogen-bond acceptors (Lipinski definition) is 2. The second kappa shape index (κ2) is 8.86. The standard InChI is InChI=1S/C25H19F4NO2/c26-23-16(7-5-13-22(23)25(27,28)29)8-6-14-30-24(31)32-15-21-19-11-3-1-9-17(19)18-10-2-4-12-20(18)21/h1-13,21H,14-15H2,(H,30,31). The summed E-state index contributed by atoms with van der Waals surface area (Å²) < 4.78 is 57.7. The first-order valence-corrected chi connectivity index (χ1v) is 9.97. The highest BCUT2D eigenvalue weighted by atomic mass is 19.4.